The van der Waals surface area contributed by atoms with Crippen LogP contribution in [0.4, 0.5) is 5.69 Å². The Morgan fingerprint density at radius 3 is 2.36 bits per heavy atom. The molecular formula is C24H34N2O2. The third kappa shape index (κ3) is 3.50. The first-order valence-electron chi connectivity index (χ1n) is 11.4. The lowest BCUT2D eigenvalue weighted by Gasteiger charge is -2.58. The highest BCUT2D eigenvalue weighted by molar-refractivity contribution is 5.95. The Labute approximate surface area is 168 Å². The van der Waals surface area contributed by atoms with Gasteiger partial charge in [0.05, 0.1) is 12.1 Å². The maximum atomic E-state index is 13.4. The lowest BCUT2D eigenvalue weighted by Crippen LogP contribution is -2.61. The number of carbonyl (C=O) groups is 1. The number of aliphatic hydroxyl groups is 1. The number of carbonyl (C=O) groups excluding carboxylic acids is 1. The molecule has 2 N–H and O–H groups in total. The zero-order valence-corrected chi connectivity index (χ0v) is 16.9. The zero-order chi connectivity index (χ0) is 19.1. The van der Waals surface area contributed by atoms with Crippen LogP contribution in [0.25, 0.3) is 0 Å². The molecule has 4 nitrogen and oxygen atoms in total. The number of hydrogen-bond acceptors (Lipinski definition) is 3. The molecule has 152 valence electrons. The topological polar surface area (TPSA) is 52.6 Å². The summed E-state index contributed by atoms with van der Waals surface area (Å²) in [5.74, 6) is 2.01. The van der Waals surface area contributed by atoms with Crippen LogP contribution in [-0.4, -0.2) is 35.2 Å². The molecule has 4 bridgehead atoms. The van der Waals surface area contributed by atoms with Gasteiger partial charge < -0.3 is 15.3 Å². The number of rotatable bonds is 5. The van der Waals surface area contributed by atoms with Gasteiger partial charge >= 0.3 is 0 Å². The van der Waals surface area contributed by atoms with Gasteiger partial charge in [0.25, 0.3) is 0 Å². The third-order valence-electron chi connectivity index (χ3n) is 7.97. The summed E-state index contributed by atoms with van der Waals surface area (Å²) >= 11 is 0. The molecule has 0 radical (unpaired) electrons. The highest BCUT2D eigenvalue weighted by Gasteiger charge is 2.54. The molecule has 0 aromatic heterocycles. The van der Waals surface area contributed by atoms with Gasteiger partial charge in [-0.3, -0.25) is 4.79 Å². The second kappa shape index (κ2) is 7.46. The maximum Gasteiger partial charge on any atom is 0.241 e. The Bertz CT molecular complexity index is 684. The minimum absolute atomic E-state index is 0.214. The summed E-state index contributed by atoms with van der Waals surface area (Å²) in [5.41, 5.74) is 0.636. The van der Waals surface area contributed by atoms with E-state index < -0.39 is 5.60 Å². The van der Waals surface area contributed by atoms with Crippen molar-refractivity contribution < 1.29 is 9.90 Å². The van der Waals surface area contributed by atoms with E-state index in [2.05, 4.69) is 22.3 Å². The van der Waals surface area contributed by atoms with Crippen LogP contribution in [0.2, 0.25) is 0 Å². The Morgan fingerprint density at radius 1 is 1.04 bits per heavy atom. The molecule has 6 rings (SSSR count). The summed E-state index contributed by atoms with van der Waals surface area (Å²) in [4.78, 5) is 15.4. The number of benzene rings is 1. The fraction of sp³-hybridized carbons (Fsp3) is 0.708. The number of amides is 1. The van der Waals surface area contributed by atoms with Crippen LogP contribution < -0.4 is 10.2 Å². The van der Waals surface area contributed by atoms with Crippen molar-refractivity contribution in [3.05, 3.63) is 30.3 Å². The summed E-state index contributed by atoms with van der Waals surface area (Å²) in [7, 11) is 0. The molecule has 0 heterocycles. The molecule has 5 fully saturated rings. The van der Waals surface area contributed by atoms with Crippen molar-refractivity contribution in [3.63, 3.8) is 0 Å². The van der Waals surface area contributed by atoms with Gasteiger partial charge in [0.15, 0.2) is 0 Å². The minimum Gasteiger partial charge on any atom is -0.390 e. The van der Waals surface area contributed by atoms with Crippen molar-refractivity contribution in [2.45, 2.75) is 81.9 Å². The fourth-order valence-corrected chi connectivity index (χ4v) is 7.09. The Kier molecular flexibility index (Phi) is 4.96. The van der Waals surface area contributed by atoms with Gasteiger partial charge in [0.1, 0.15) is 0 Å². The van der Waals surface area contributed by atoms with Gasteiger partial charge in [0, 0.05) is 17.8 Å². The van der Waals surface area contributed by atoms with Crippen molar-refractivity contribution >= 4 is 11.6 Å². The first-order valence-corrected chi connectivity index (χ1v) is 11.4. The summed E-state index contributed by atoms with van der Waals surface area (Å²) in [6, 6.07) is 11.0. The van der Waals surface area contributed by atoms with Crippen LogP contribution >= 0.6 is 0 Å². The first kappa shape index (κ1) is 18.6. The van der Waals surface area contributed by atoms with Crippen molar-refractivity contribution in [2.75, 3.05) is 11.4 Å². The largest absolute Gasteiger partial charge is 0.390 e. The molecule has 1 amide bonds. The van der Waals surface area contributed by atoms with E-state index in [0.717, 1.165) is 37.8 Å². The summed E-state index contributed by atoms with van der Waals surface area (Å²) in [6.07, 6.45) is 11.3. The summed E-state index contributed by atoms with van der Waals surface area (Å²) < 4.78 is 0. The lowest BCUT2D eigenvalue weighted by molar-refractivity contribution is -0.139. The molecule has 1 aromatic carbocycles. The van der Waals surface area contributed by atoms with Gasteiger partial charge in [0.2, 0.25) is 5.91 Å². The highest BCUT2D eigenvalue weighted by Crippen LogP contribution is 2.55. The number of anilines is 1. The highest BCUT2D eigenvalue weighted by atomic mass is 16.3. The van der Waals surface area contributed by atoms with Crippen LogP contribution in [0.15, 0.2) is 30.3 Å². The van der Waals surface area contributed by atoms with Crippen molar-refractivity contribution in [2.24, 2.45) is 17.8 Å². The van der Waals surface area contributed by atoms with Crippen LogP contribution in [0, 0.1) is 17.8 Å². The first-order chi connectivity index (χ1) is 13.6. The van der Waals surface area contributed by atoms with E-state index in [4.69, 9.17) is 0 Å². The predicted octanol–water partition coefficient (Wildman–Crippen LogP) is 3.88. The van der Waals surface area contributed by atoms with Crippen molar-refractivity contribution in [1.82, 2.24) is 5.32 Å². The van der Waals surface area contributed by atoms with Gasteiger partial charge in [-0.05, 0) is 74.8 Å². The Hall–Kier alpha value is -1.39. The zero-order valence-electron chi connectivity index (χ0n) is 16.9. The van der Waals surface area contributed by atoms with E-state index in [1.807, 2.05) is 18.2 Å². The molecule has 4 heteroatoms. The van der Waals surface area contributed by atoms with Gasteiger partial charge in [-0.1, -0.05) is 37.5 Å². The Balaban J connectivity index is 1.28. The SMILES string of the molecule is O=C(CNC1C2CC3CC1CC(O)(C3)C2)N(c1ccccc1)C1CCCCC1. The van der Waals surface area contributed by atoms with E-state index in [1.54, 1.807) is 0 Å². The third-order valence-corrected chi connectivity index (χ3v) is 7.97. The molecule has 5 aliphatic rings. The standard InChI is InChI=1S/C24H34N2O2/c27-22(26(20-7-3-1-4-8-20)21-9-5-2-6-10-21)16-25-23-18-11-17-12-19(23)15-24(28,13-17)14-18/h1,3-4,7-8,17-19,21,23,25,28H,2,5-6,9-16H2. The van der Waals surface area contributed by atoms with E-state index in [1.165, 1.54) is 32.1 Å². The second-order valence-corrected chi connectivity index (χ2v) is 9.99. The second-order valence-electron chi connectivity index (χ2n) is 9.99. The number of nitrogens with one attached hydrogen (secondary N) is 1. The van der Waals surface area contributed by atoms with Gasteiger partial charge in [-0.15, -0.1) is 0 Å². The Morgan fingerprint density at radius 2 is 1.71 bits per heavy atom. The molecule has 0 saturated heterocycles. The molecule has 2 unspecified atom stereocenters. The van der Waals surface area contributed by atoms with Crippen LogP contribution in [0.1, 0.15) is 64.2 Å². The van der Waals surface area contributed by atoms with E-state index in [9.17, 15) is 9.90 Å². The average molecular weight is 383 g/mol. The van der Waals surface area contributed by atoms with E-state index in [0.29, 0.717) is 36.4 Å². The maximum absolute atomic E-state index is 13.4. The number of nitrogens with zero attached hydrogens (tertiary/aromatic N) is 1. The number of para-hydroxylation sites is 1. The van der Waals surface area contributed by atoms with Crippen LogP contribution in [-0.2, 0) is 4.79 Å². The molecule has 5 saturated carbocycles. The predicted molar refractivity (Wildman–Crippen MR) is 111 cm³/mol. The average Bonchev–Trinajstić information content (AvgIpc) is 2.68. The fourth-order valence-electron chi connectivity index (χ4n) is 7.09. The molecule has 0 aliphatic heterocycles. The van der Waals surface area contributed by atoms with Crippen molar-refractivity contribution in [1.29, 1.82) is 0 Å². The molecule has 0 spiro atoms. The molecule has 1 aromatic rings. The van der Waals surface area contributed by atoms with Gasteiger partial charge in [-0.25, -0.2) is 0 Å². The van der Waals surface area contributed by atoms with Crippen LogP contribution in [0.5, 0.6) is 0 Å². The van der Waals surface area contributed by atoms with Crippen molar-refractivity contribution in [3.8, 4) is 0 Å². The molecule has 2 atom stereocenters. The smallest absolute Gasteiger partial charge is 0.241 e. The normalized spacial score (nSPS) is 37.2. The lowest BCUT2D eigenvalue weighted by atomic mass is 9.52. The summed E-state index contributed by atoms with van der Waals surface area (Å²) in [5, 5.41) is 14.5. The monoisotopic (exact) mass is 382 g/mol. The van der Waals surface area contributed by atoms with Crippen LogP contribution in [0.3, 0.4) is 0 Å². The van der Waals surface area contributed by atoms with Gasteiger partial charge in [-0.2, -0.15) is 0 Å². The van der Waals surface area contributed by atoms with E-state index in [-0.39, 0.29) is 5.91 Å². The summed E-state index contributed by atoms with van der Waals surface area (Å²) in [6.45, 7) is 0.423. The van der Waals surface area contributed by atoms with E-state index >= 15 is 0 Å². The quantitative estimate of drug-likeness (QED) is 0.812. The molecule has 28 heavy (non-hydrogen) atoms. The molecular weight excluding hydrogens is 348 g/mol. The molecule has 5 aliphatic carbocycles. The number of hydrogen-bond donors (Lipinski definition) is 2. The minimum atomic E-state index is -0.406.